The molecule has 1 fully saturated rings. The third-order valence-electron chi connectivity index (χ3n) is 4.87. The number of anilines is 1. The summed E-state index contributed by atoms with van der Waals surface area (Å²) in [6.45, 7) is 6.70. The second-order valence-corrected chi connectivity index (χ2v) is 8.28. The number of benzene rings is 1. The van der Waals surface area contributed by atoms with Gasteiger partial charge in [0.2, 0.25) is 11.8 Å². The molecule has 7 nitrogen and oxygen atoms in total. The minimum Gasteiger partial charge on any atom is -0.462 e. The van der Waals surface area contributed by atoms with Crippen molar-refractivity contribution in [2.45, 2.75) is 26.3 Å². The standard InChI is InChI=1S/C21H25N3O4S/c1-4-28-19(26)18-15(12-16(29-18)14-8-6-5-7-9-14)23-17(25)13-24-11-10-22-20(27)21(24,2)3/h5-9,12H,4,10-11,13H2,1-3H3,(H,22,27)(H,23,25). The molecule has 3 rings (SSSR count). The zero-order valence-electron chi connectivity index (χ0n) is 16.8. The fourth-order valence-corrected chi connectivity index (χ4v) is 4.17. The molecule has 1 aliphatic heterocycles. The number of carbonyl (C=O) groups excluding carboxylic acids is 3. The van der Waals surface area contributed by atoms with E-state index < -0.39 is 11.5 Å². The Bertz CT molecular complexity index is 908. The van der Waals surface area contributed by atoms with Gasteiger partial charge < -0.3 is 15.4 Å². The quantitative estimate of drug-likeness (QED) is 0.709. The van der Waals surface area contributed by atoms with Gasteiger partial charge in [-0.2, -0.15) is 0 Å². The van der Waals surface area contributed by atoms with Crippen molar-refractivity contribution in [3.63, 3.8) is 0 Å². The molecule has 2 amide bonds. The van der Waals surface area contributed by atoms with Gasteiger partial charge in [-0.3, -0.25) is 14.5 Å². The summed E-state index contributed by atoms with van der Waals surface area (Å²) in [6.07, 6.45) is 0. The molecule has 0 spiro atoms. The predicted octanol–water partition coefficient (Wildman–Crippen LogP) is 2.74. The normalized spacial score (nSPS) is 16.2. The second-order valence-electron chi connectivity index (χ2n) is 7.22. The van der Waals surface area contributed by atoms with Crippen molar-refractivity contribution >= 4 is 34.8 Å². The smallest absolute Gasteiger partial charge is 0.350 e. The van der Waals surface area contributed by atoms with Crippen molar-refractivity contribution in [2.75, 3.05) is 31.6 Å². The van der Waals surface area contributed by atoms with Gasteiger partial charge in [0, 0.05) is 18.0 Å². The van der Waals surface area contributed by atoms with Gasteiger partial charge in [0.1, 0.15) is 4.88 Å². The summed E-state index contributed by atoms with van der Waals surface area (Å²) in [6, 6.07) is 11.4. The molecule has 2 aromatic rings. The zero-order valence-corrected chi connectivity index (χ0v) is 17.6. The van der Waals surface area contributed by atoms with E-state index in [1.54, 1.807) is 26.8 Å². The summed E-state index contributed by atoms with van der Waals surface area (Å²) in [4.78, 5) is 40.3. The van der Waals surface area contributed by atoms with Crippen LogP contribution in [-0.4, -0.2) is 54.5 Å². The largest absolute Gasteiger partial charge is 0.462 e. The molecule has 2 heterocycles. The third kappa shape index (κ3) is 4.65. The van der Waals surface area contributed by atoms with Crippen molar-refractivity contribution < 1.29 is 19.1 Å². The van der Waals surface area contributed by atoms with E-state index in [9.17, 15) is 14.4 Å². The van der Waals surface area contributed by atoms with Crippen LogP contribution in [0.2, 0.25) is 0 Å². The Kier molecular flexibility index (Phi) is 6.34. The second kappa shape index (κ2) is 8.75. The summed E-state index contributed by atoms with van der Waals surface area (Å²) in [7, 11) is 0. The van der Waals surface area contributed by atoms with E-state index in [0.717, 1.165) is 10.4 Å². The first kappa shape index (κ1) is 21.0. The molecule has 0 unspecified atom stereocenters. The molecule has 1 aromatic heterocycles. The van der Waals surface area contributed by atoms with Gasteiger partial charge in [-0.15, -0.1) is 11.3 Å². The van der Waals surface area contributed by atoms with Gasteiger partial charge in [0.05, 0.1) is 24.4 Å². The number of thiophene rings is 1. The summed E-state index contributed by atoms with van der Waals surface area (Å²) in [5, 5.41) is 5.65. The molecule has 0 aliphatic carbocycles. The van der Waals surface area contributed by atoms with Crippen LogP contribution in [0.25, 0.3) is 10.4 Å². The fraction of sp³-hybridized carbons (Fsp3) is 0.381. The average Bonchev–Trinajstić information content (AvgIpc) is 3.10. The van der Waals surface area contributed by atoms with E-state index in [-0.39, 0.29) is 25.0 Å². The molecule has 2 N–H and O–H groups in total. The highest BCUT2D eigenvalue weighted by atomic mass is 32.1. The van der Waals surface area contributed by atoms with Crippen molar-refractivity contribution in [3.8, 4) is 10.4 Å². The lowest BCUT2D eigenvalue weighted by Gasteiger charge is -2.40. The van der Waals surface area contributed by atoms with Gasteiger partial charge in [-0.1, -0.05) is 30.3 Å². The fourth-order valence-electron chi connectivity index (χ4n) is 3.16. The van der Waals surface area contributed by atoms with Crippen LogP contribution in [-0.2, 0) is 14.3 Å². The van der Waals surface area contributed by atoms with Crippen LogP contribution in [0.5, 0.6) is 0 Å². The maximum absolute atomic E-state index is 12.7. The average molecular weight is 416 g/mol. The molecule has 8 heteroatoms. The lowest BCUT2D eigenvalue weighted by Crippen LogP contribution is -2.62. The van der Waals surface area contributed by atoms with Gasteiger partial charge >= 0.3 is 5.97 Å². The van der Waals surface area contributed by atoms with E-state index >= 15 is 0 Å². The molecular weight excluding hydrogens is 390 g/mol. The van der Waals surface area contributed by atoms with Crippen molar-refractivity contribution in [1.29, 1.82) is 0 Å². The minimum atomic E-state index is -0.774. The van der Waals surface area contributed by atoms with E-state index in [4.69, 9.17) is 4.74 Å². The first-order chi connectivity index (χ1) is 13.8. The van der Waals surface area contributed by atoms with Crippen LogP contribution >= 0.6 is 11.3 Å². The number of nitrogens with zero attached hydrogens (tertiary/aromatic N) is 1. The summed E-state index contributed by atoms with van der Waals surface area (Å²) in [5.74, 6) is -0.853. The summed E-state index contributed by atoms with van der Waals surface area (Å²) >= 11 is 1.28. The van der Waals surface area contributed by atoms with Crippen molar-refractivity contribution in [3.05, 3.63) is 41.3 Å². The first-order valence-electron chi connectivity index (χ1n) is 9.52. The van der Waals surface area contributed by atoms with Crippen LogP contribution in [0.3, 0.4) is 0 Å². The molecule has 154 valence electrons. The number of nitrogens with one attached hydrogen (secondary N) is 2. The highest BCUT2D eigenvalue weighted by molar-refractivity contribution is 7.18. The third-order valence-corrected chi connectivity index (χ3v) is 6.04. The first-order valence-corrected chi connectivity index (χ1v) is 10.3. The van der Waals surface area contributed by atoms with Gasteiger partial charge in [0.15, 0.2) is 0 Å². The van der Waals surface area contributed by atoms with E-state index in [2.05, 4.69) is 10.6 Å². The Balaban J connectivity index is 1.81. The Labute approximate surface area is 174 Å². The number of piperazine rings is 1. The van der Waals surface area contributed by atoms with E-state index in [1.807, 2.05) is 35.2 Å². The lowest BCUT2D eigenvalue weighted by atomic mass is 9.99. The molecule has 29 heavy (non-hydrogen) atoms. The number of hydrogen-bond donors (Lipinski definition) is 2. The number of amides is 2. The highest BCUT2D eigenvalue weighted by Gasteiger charge is 2.38. The molecule has 0 radical (unpaired) electrons. The van der Waals surface area contributed by atoms with E-state index in [1.165, 1.54) is 11.3 Å². The van der Waals surface area contributed by atoms with Gasteiger partial charge in [-0.05, 0) is 32.4 Å². The molecule has 0 bridgehead atoms. The monoisotopic (exact) mass is 415 g/mol. The number of esters is 1. The Morgan fingerprint density at radius 3 is 2.69 bits per heavy atom. The lowest BCUT2D eigenvalue weighted by molar-refractivity contribution is -0.136. The Morgan fingerprint density at radius 1 is 1.28 bits per heavy atom. The number of ether oxygens (including phenoxy) is 1. The maximum atomic E-state index is 12.7. The molecule has 0 atom stereocenters. The molecule has 1 aliphatic rings. The van der Waals surface area contributed by atoms with Gasteiger partial charge in [-0.25, -0.2) is 4.79 Å². The Hall–Kier alpha value is -2.71. The number of hydrogen-bond acceptors (Lipinski definition) is 6. The highest BCUT2D eigenvalue weighted by Crippen LogP contribution is 2.35. The minimum absolute atomic E-state index is 0.0548. The SMILES string of the molecule is CCOC(=O)c1sc(-c2ccccc2)cc1NC(=O)CN1CCNC(=O)C1(C)C. The van der Waals surface area contributed by atoms with Crippen LogP contribution in [0.4, 0.5) is 5.69 Å². The molecule has 1 aromatic carbocycles. The summed E-state index contributed by atoms with van der Waals surface area (Å²) in [5.41, 5.74) is 0.609. The zero-order chi connectivity index (χ0) is 21.0. The topological polar surface area (TPSA) is 87.7 Å². The maximum Gasteiger partial charge on any atom is 0.350 e. The number of carbonyl (C=O) groups is 3. The van der Waals surface area contributed by atoms with Crippen LogP contribution < -0.4 is 10.6 Å². The summed E-state index contributed by atoms with van der Waals surface area (Å²) < 4.78 is 5.15. The van der Waals surface area contributed by atoms with Crippen molar-refractivity contribution in [1.82, 2.24) is 10.2 Å². The molecule has 0 saturated carbocycles. The van der Waals surface area contributed by atoms with Crippen molar-refractivity contribution in [2.24, 2.45) is 0 Å². The van der Waals surface area contributed by atoms with Gasteiger partial charge in [0.25, 0.3) is 0 Å². The molecular formula is C21H25N3O4S. The Morgan fingerprint density at radius 2 is 2.00 bits per heavy atom. The van der Waals surface area contributed by atoms with Crippen LogP contribution in [0, 0.1) is 0 Å². The van der Waals surface area contributed by atoms with Crippen LogP contribution in [0.1, 0.15) is 30.4 Å². The van der Waals surface area contributed by atoms with E-state index in [0.29, 0.717) is 23.7 Å². The van der Waals surface area contributed by atoms with Crippen LogP contribution in [0.15, 0.2) is 36.4 Å². The molecule has 1 saturated heterocycles. The predicted molar refractivity (Wildman–Crippen MR) is 113 cm³/mol. The number of rotatable bonds is 6.